The lowest BCUT2D eigenvalue weighted by Crippen LogP contribution is -2.31. The monoisotopic (exact) mass is 470 g/mol. The molecule has 2 aromatic carbocycles. The lowest BCUT2D eigenvalue weighted by Gasteiger charge is -2.25. The van der Waals surface area contributed by atoms with Crippen LogP contribution in [0.25, 0.3) is 10.6 Å². The molecule has 1 amide bonds. The van der Waals surface area contributed by atoms with Crippen molar-refractivity contribution in [3.63, 3.8) is 0 Å². The number of aliphatic hydroxyl groups is 1. The molecule has 6 nitrogen and oxygen atoms in total. The Hall–Kier alpha value is -3.97. The molecule has 0 bridgehead atoms. The lowest BCUT2D eigenvalue weighted by molar-refractivity contribution is -0.117. The zero-order valence-electron chi connectivity index (χ0n) is 18.9. The number of Topliss-reactive ketones (excluding diaryl/α,β-unsaturated/α-hetero) is 1. The van der Waals surface area contributed by atoms with Crippen LogP contribution in [0.4, 0.5) is 5.69 Å². The Morgan fingerprint density at radius 2 is 1.74 bits per heavy atom. The topological polar surface area (TPSA) is 83.6 Å². The van der Waals surface area contributed by atoms with Crippen molar-refractivity contribution in [2.24, 2.45) is 0 Å². The van der Waals surface area contributed by atoms with Crippen LogP contribution >= 0.6 is 11.3 Å². The van der Waals surface area contributed by atoms with E-state index in [9.17, 15) is 14.7 Å². The molecule has 0 aliphatic carbocycles. The quantitative estimate of drug-likeness (QED) is 0.356. The first kappa shape index (κ1) is 21.9. The Balaban J connectivity index is 1.62. The number of aliphatic hydroxyl groups excluding tert-OH is 1. The van der Waals surface area contributed by atoms with Crippen molar-refractivity contribution < 1.29 is 19.1 Å². The van der Waals surface area contributed by atoms with E-state index in [1.807, 2.05) is 62.4 Å². The number of carbonyl (C=O) groups excluding carboxylic acids is 2. The first-order chi connectivity index (χ1) is 16.3. The molecule has 0 saturated heterocycles. The molecule has 5 rings (SSSR count). The van der Waals surface area contributed by atoms with Gasteiger partial charge in [-0.2, -0.15) is 0 Å². The Morgan fingerprint density at radius 3 is 2.38 bits per heavy atom. The first-order valence-electron chi connectivity index (χ1n) is 10.8. The van der Waals surface area contributed by atoms with Crippen LogP contribution in [-0.2, 0) is 4.79 Å². The number of rotatable bonds is 5. The van der Waals surface area contributed by atoms with Crippen molar-refractivity contribution in [1.82, 2.24) is 4.98 Å². The summed E-state index contributed by atoms with van der Waals surface area (Å²) in [6.45, 7) is 5.63. The van der Waals surface area contributed by atoms with Crippen molar-refractivity contribution in [2.75, 3.05) is 4.90 Å². The fraction of sp³-hybridized carbons (Fsp3) is 0.148. The second-order valence-corrected chi connectivity index (χ2v) is 9.33. The molecule has 0 spiro atoms. The Kier molecular flexibility index (Phi) is 5.42. The number of ketones is 1. The number of carbonyl (C=O) groups is 2. The summed E-state index contributed by atoms with van der Waals surface area (Å²) < 4.78 is 5.64. The highest BCUT2D eigenvalue weighted by atomic mass is 32.1. The molecule has 2 aromatic heterocycles. The highest BCUT2D eigenvalue weighted by Crippen LogP contribution is 2.43. The van der Waals surface area contributed by atoms with Gasteiger partial charge in [-0.15, -0.1) is 11.3 Å². The fourth-order valence-electron chi connectivity index (χ4n) is 4.34. The molecular formula is C27H22N2O4S. The summed E-state index contributed by atoms with van der Waals surface area (Å²) in [6, 6.07) is 17.8. The minimum atomic E-state index is -0.891. The Labute approximate surface area is 200 Å². The standard InChI is InChI=1S/C27H22N2O4S/c1-15-12-16(2)14-19(13-15)29-22(20-10-7-11-33-20)21(24(31)27(29)32)23(30)25-17(3)28-26(34-25)18-8-5-4-6-9-18/h4-14,22,31H,1-3H3. The van der Waals surface area contributed by atoms with Gasteiger partial charge in [0.05, 0.1) is 22.4 Å². The molecule has 170 valence electrons. The van der Waals surface area contributed by atoms with Gasteiger partial charge in [-0.1, -0.05) is 36.4 Å². The van der Waals surface area contributed by atoms with Crippen LogP contribution in [-0.4, -0.2) is 21.8 Å². The molecule has 4 aromatic rings. The molecule has 0 radical (unpaired) electrons. The van der Waals surface area contributed by atoms with E-state index in [2.05, 4.69) is 4.98 Å². The average Bonchev–Trinajstić information content (AvgIpc) is 3.53. The Bertz CT molecular complexity index is 1410. The third-order valence-electron chi connectivity index (χ3n) is 5.77. The summed E-state index contributed by atoms with van der Waals surface area (Å²) in [5, 5.41) is 11.7. The number of hydrogen-bond donors (Lipinski definition) is 1. The van der Waals surface area contributed by atoms with Gasteiger partial charge in [0.15, 0.2) is 5.76 Å². The Morgan fingerprint density at radius 1 is 1.03 bits per heavy atom. The van der Waals surface area contributed by atoms with Crippen molar-refractivity contribution in [3.8, 4) is 10.6 Å². The summed E-state index contributed by atoms with van der Waals surface area (Å²) in [5.41, 5.74) is 3.95. The summed E-state index contributed by atoms with van der Waals surface area (Å²) in [5.74, 6) is -1.25. The van der Waals surface area contributed by atoms with E-state index in [4.69, 9.17) is 4.42 Å². The van der Waals surface area contributed by atoms with Crippen LogP contribution in [0.3, 0.4) is 0 Å². The van der Waals surface area contributed by atoms with Crippen LogP contribution in [0.2, 0.25) is 0 Å². The van der Waals surface area contributed by atoms with Gasteiger partial charge in [0.25, 0.3) is 5.91 Å². The van der Waals surface area contributed by atoms with Gasteiger partial charge in [-0.3, -0.25) is 14.5 Å². The SMILES string of the molecule is Cc1cc(C)cc(N2C(=O)C(O)=C(C(=O)c3sc(-c4ccccc4)nc3C)C2c2ccco2)c1. The average molecular weight is 471 g/mol. The molecule has 1 unspecified atom stereocenters. The summed E-state index contributed by atoms with van der Waals surface area (Å²) in [6.07, 6.45) is 1.49. The van der Waals surface area contributed by atoms with Gasteiger partial charge in [0.2, 0.25) is 5.78 Å². The smallest absolute Gasteiger partial charge is 0.294 e. The summed E-state index contributed by atoms with van der Waals surface area (Å²) in [7, 11) is 0. The maximum absolute atomic E-state index is 13.8. The summed E-state index contributed by atoms with van der Waals surface area (Å²) >= 11 is 1.25. The fourth-order valence-corrected chi connectivity index (χ4v) is 5.37. The largest absolute Gasteiger partial charge is 0.503 e. The number of nitrogens with zero attached hydrogens (tertiary/aromatic N) is 2. The number of hydrogen-bond acceptors (Lipinski definition) is 6. The van der Waals surface area contributed by atoms with E-state index in [1.165, 1.54) is 22.5 Å². The third kappa shape index (κ3) is 3.64. The maximum Gasteiger partial charge on any atom is 0.294 e. The first-order valence-corrected chi connectivity index (χ1v) is 11.6. The normalized spacial score (nSPS) is 15.9. The highest BCUT2D eigenvalue weighted by molar-refractivity contribution is 7.17. The number of furan rings is 1. The molecule has 3 heterocycles. The minimum Gasteiger partial charge on any atom is -0.503 e. The molecule has 0 fully saturated rings. The van der Waals surface area contributed by atoms with Crippen LogP contribution in [0.15, 0.2) is 82.7 Å². The van der Waals surface area contributed by atoms with Gasteiger partial charge in [-0.05, 0) is 56.2 Å². The van der Waals surface area contributed by atoms with Crippen molar-refractivity contribution in [3.05, 3.63) is 106 Å². The van der Waals surface area contributed by atoms with Crippen LogP contribution in [0, 0.1) is 20.8 Å². The van der Waals surface area contributed by atoms with Crippen molar-refractivity contribution in [1.29, 1.82) is 0 Å². The third-order valence-corrected chi connectivity index (χ3v) is 6.98. The molecule has 7 heteroatoms. The van der Waals surface area contributed by atoms with Gasteiger partial charge < -0.3 is 9.52 Å². The van der Waals surface area contributed by atoms with Gasteiger partial charge in [0, 0.05) is 11.3 Å². The van der Waals surface area contributed by atoms with E-state index in [0.29, 0.717) is 27.0 Å². The van der Waals surface area contributed by atoms with Crippen LogP contribution in [0.1, 0.15) is 38.3 Å². The highest BCUT2D eigenvalue weighted by Gasteiger charge is 2.46. The summed E-state index contributed by atoms with van der Waals surface area (Å²) in [4.78, 5) is 33.5. The molecule has 0 saturated carbocycles. The zero-order valence-corrected chi connectivity index (χ0v) is 19.7. The van der Waals surface area contributed by atoms with Gasteiger partial charge >= 0.3 is 0 Å². The number of anilines is 1. The van der Waals surface area contributed by atoms with Gasteiger partial charge in [0.1, 0.15) is 16.8 Å². The molecule has 34 heavy (non-hydrogen) atoms. The number of aryl methyl sites for hydroxylation is 3. The molecular weight excluding hydrogens is 448 g/mol. The maximum atomic E-state index is 13.8. The second kappa shape index (κ2) is 8.43. The molecule has 1 aliphatic heterocycles. The van der Waals surface area contributed by atoms with E-state index in [-0.39, 0.29) is 5.57 Å². The second-order valence-electron chi connectivity index (χ2n) is 8.33. The lowest BCUT2D eigenvalue weighted by atomic mass is 9.99. The van der Waals surface area contributed by atoms with E-state index in [0.717, 1.165) is 16.7 Å². The van der Waals surface area contributed by atoms with E-state index < -0.39 is 23.5 Å². The van der Waals surface area contributed by atoms with Crippen LogP contribution < -0.4 is 4.90 Å². The molecule has 1 N–H and O–H groups in total. The van der Waals surface area contributed by atoms with Crippen molar-refractivity contribution >= 4 is 28.7 Å². The number of benzene rings is 2. The predicted octanol–water partition coefficient (Wildman–Crippen LogP) is 6.11. The van der Waals surface area contributed by atoms with Gasteiger partial charge in [-0.25, -0.2) is 4.98 Å². The van der Waals surface area contributed by atoms with Crippen molar-refractivity contribution in [2.45, 2.75) is 26.8 Å². The van der Waals surface area contributed by atoms with E-state index >= 15 is 0 Å². The van der Waals surface area contributed by atoms with E-state index in [1.54, 1.807) is 19.1 Å². The molecule has 1 atom stereocenters. The van der Waals surface area contributed by atoms with Crippen LogP contribution in [0.5, 0.6) is 0 Å². The predicted molar refractivity (Wildman–Crippen MR) is 131 cm³/mol. The molecule has 1 aliphatic rings. The number of amides is 1. The number of aromatic nitrogens is 1. The number of thiazole rings is 1. The minimum absolute atomic E-state index is 0.00882. The zero-order chi connectivity index (χ0) is 24.0.